The average molecular weight is 415 g/mol. The van der Waals surface area contributed by atoms with Crippen molar-refractivity contribution in [3.8, 4) is 11.5 Å². The van der Waals surface area contributed by atoms with Crippen LogP contribution >= 0.6 is 0 Å². The first-order chi connectivity index (χ1) is 14.6. The maximum atomic E-state index is 13.2. The Morgan fingerprint density at radius 3 is 2.53 bits per heavy atom. The van der Waals surface area contributed by atoms with Gasteiger partial charge in [0.05, 0.1) is 19.4 Å². The molecule has 2 heterocycles. The number of hydrogen-bond donors (Lipinski definition) is 0. The second-order valence-electron chi connectivity index (χ2n) is 7.44. The molecule has 1 aliphatic rings. The lowest BCUT2D eigenvalue weighted by Crippen LogP contribution is -2.42. The van der Waals surface area contributed by atoms with Gasteiger partial charge in [0.15, 0.2) is 11.5 Å². The van der Waals surface area contributed by atoms with Gasteiger partial charge in [-0.15, -0.1) is 0 Å². The second kappa shape index (κ2) is 10.7. The highest BCUT2D eigenvalue weighted by Crippen LogP contribution is 2.33. The number of furan rings is 1. The average Bonchev–Trinajstić information content (AvgIpc) is 3.42. The van der Waals surface area contributed by atoms with Crippen molar-refractivity contribution in [2.45, 2.75) is 52.6 Å². The molecule has 7 nitrogen and oxygen atoms in total. The molecule has 1 aliphatic heterocycles. The van der Waals surface area contributed by atoms with Gasteiger partial charge in [0, 0.05) is 19.5 Å². The molecule has 0 saturated carbocycles. The Morgan fingerprint density at radius 1 is 0.967 bits per heavy atom. The highest BCUT2D eigenvalue weighted by molar-refractivity contribution is 5.84. The highest BCUT2D eigenvalue weighted by atomic mass is 16.7. The van der Waals surface area contributed by atoms with Crippen LogP contribution in [0.4, 0.5) is 0 Å². The number of nitrogens with zero attached hydrogens (tertiary/aromatic N) is 2. The van der Waals surface area contributed by atoms with Crippen LogP contribution in [0.15, 0.2) is 41.0 Å². The smallest absolute Gasteiger partial charge is 0.242 e. The molecule has 0 bridgehead atoms. The van der Waals surface area contributed by atoms with E-state index in [0.29, 0.717) is 43.3 Å². The highest BCUT2D eigenvalue weighted by Gasteiger charge is 2.23. The van der Waals surface area contributed by atoms with E-state index in [2.05, 4.69) is 6.92 Å². The molecule has 162 valence electrons. The normalized spacial score (nSPS) is 12.1. The van der Waals surface area contributed by atoms with Crippen molar-refractivity contribution in [2.24, 2.45) is 0 Å². The van der Waals surface area contributed by atoms with Crippen LogP contribution < -0.4 is 9.47 Å². The van der Waals surface area contributed by atoms with Gasteiger partial charge in [0.2, 0.25) is 18.6 Å². The van der Waals surface area contributed by atoms with Crippen LogP contribution in [0.25, 0.3) is 0 Å². The third kappa shape index (κ3) is 5.78. The van der Waals surface area contributed by atoms with Gasteiger partial charge in [-0.25, -0.2) is 0 Å². The lowest BCUT2D eigenvalue weighted by molar-refractivity contribution is -0.141. The van der Waals surface area contributed by atoms with Crippen molar-refractivity contribution in [3.05, 3.63) is 47.9 Å². The number of unbranched alkanes of at least 4 members (excludes halogenated alkanes) is 1. The monoisotopic (exact) mass is 414 g/mol. The van der Waals surface area contributed by atoms with Gasteiger partial charge in [-0.1, -0.05) is 26.3 Å². The predicted molar refractivity (Wildman–Crippen MR) is 112 cm³/mol. The fraction of sp³-hybridized carbons (Fsp3) is 0.478. The van der Waals surface area contributed by atoms with Crippen LogP contribution in [0.2, 0.25) is 0 Å². The quantitative estimate of drug-likeness (QED) is 0.556. The summed E-state index contributed by atoms with van der Waals surface area (Å²) >= 11 is 0. The number of ether oxygens (including phenoxy) is 2. The number of amides is 2. The first-order valence-corrected chi connectivity index (χ1v) is 10.6. The number of carbonyl (C=O) groups is 2. The molecule has 1 aromatic carbocycles. The molecule has 0 atom stereocenters. The van der Waals surface area contributed by atoms with Crippen molar-refractivity contribution in [2.75, 3.05) is 19.9 Å². The largest absolute Gasteiger partial charge is 0.467 e. The van der Waals surface area contributed by atoms with Gasteiger partial charge >= 0.3 is 0 Å². The Labute approximate surface area is 177 Å². The van der Waals surface area contributed by atoms with E-state index in [1.165, 1.54) is 0 Å². The van der Waals surface area contributed by atoms with E-state index in [-0.39, 0.29) is 25.2 Å². The van der Waals surface area contributed by atoms with Crippen molar-refractivity contribution in [1.29, 1.82) is 0 Å². The van der Waals surface area contributed by atoms with E-state index in [1.807, 2.05) is 31.2 Å². The zero-order valence-corrected chi connectivity index (χ0v) is 17.8. The molecule has 2 aromatic rings. The third-order valence-corrected chi connectivity index (χ3v) is 5.01. The Morgan fingerprint density at radius 2 is 1.80 bits per heavy atom. The molecule has 3 rings (SSSR count). The number of fused-ring (bicyclic) bond motifs is 1. The van der Waals surface area contributed by atoms with E-state index < -0.39 is 0 Å². The van der Waals surface area contributed by atoms with Gasteiger partial charge in [-0.2, -0.15) is 0 Å². The van der Waals surface area contributed by atoms with Crippen molar-refractivity contribution < 1.29 is 23.5 Å². The summed E-state index contributed by atoms with van der Waals surface area (Å²) in [6.45, 7) is 5.65. The fourth-order valence-electron chi connectivity index (χ4n) is 3.39. The summed E-state index contributed by atoms with van der Waals surface area (Å²) < 4.78 is 16.3. The fourth-order valence-corrected chi connectivity index (χ4v) is 3.39. The van der Waals surface area contributed by atoms with E-state index in [4.69, 9.17) is 13.9 Å². The molecular weight excluding hydrogens is 384 g/mol. The van der Waals surface area contributed by atoms with E-state index in [1.54, 1.807) is 22.1 Å². The van der Waals surface area contributed by atoms with Gasteiger partial charge in [-0.05, 0) is 42.7 Å². The van der Waals surface area contributed by atoms with Crippen LogP contribution in [0, 0.1) is 0 Å². The first-order valence-electron chi connectivity index (χ1n) is 10.6. The molecule has 0 fully saturated rings. The van der Waals surface area contributed by atoms with Crippen LogP contribution in [0.1, 0.15) is 50.9 Å². The topological polar surface area (TPSA) is 72.2 Å². The second-order valence-corrected chi connectivity index (χ2v) is 7.44. The molecule has 30 heavy (non-hydrogen) atoms. The Balaban J connectivity index is 1.73. The Hall–Kier alpha value is -2.96. The van der Waals surface area contributed by atoms with Crippen LogP contribution in [0.3, 0.4) is 0 Å². The maximum absolute atomic E-state index is 13.2. The summed E-state index contributed by atoms with van der Waals surface area (Å²) in [5.74, 6) is 2.01. The third-order valence-electron chi connectivity index (χ3n) is 5.01. The Kier molecular flexibility index (Phi) is 7.76. The molecule has 0 unspecified atom stereocenters. The van der Waals surface area contributed by atoms with E-state index in [9.17, 15) is 9.59 Å². The van der Waals surface area contributed by atoms with E-state index in [0.717, 1.165) is 24.8 Å². The number of carbonyl (C=O) groups excluding carboxylic acids is 2. The van der Waals surface area contributed by atoms with Gasteiger partial charge in [-0.3, -0.25) is 9.59 Å². The van der Waals surface area contributed by atoms with Crippen LogP contribution in [0.5, 0.6) is 11.5 Å². The molecule has 0 N–H and O–H groups in total. The summed E-state index contributed by atoms with van der Waals surface area (Å²) in [5, 5.41) is 0. The summed E-state index contributed by atoms with van der Waals surface area (Å²) in [4.78, 5) is 29.2. The molecule has 0 saturated heterocycles. The summed E-state index contributed by atoms with van der Waals surface area (Å²) in [6.07, 6.45) is 4.67. The standard InChI is InChI=1S/C23H30N2O5/c1-3-5-8-22(26)24(11-4-2)16-23(27)25(15-19-7-6-12-28-19)14-18-9-10-20-21(13-18)30-17-29-20/h6-7,9-10,12-13H,3-5,8,11,14-17H2,1-2H3. The molecule has 0 radical (unpaired) electrons. The van der Waals surface area contributed by atoms with Crippen molar-refractivity contribution >= 4 is 11.8 Å². The lowest BCUT2D eigenvalue weighted by Gasteiger charge is -2.27. The predicted octanol–water partition coefficient (Wildman–Crippen LogP) is 3.97. The summed E-state index contributed by atoms with van der Waals surface area (Å²) in [6, 6.07) is 9.31. The van der Waals surface area contributed by atoms with Gasteiger partial charge in [0.1, 0.15) is 5.76 Å². The zero-order chi connectivity index (χ0) is 21.3. The molecule has 2 amide bonds. The minimum absolute atomic E-state index is 0.0353. The minimum Gasteiger partial charge on any atom is -0.467 e. The van der Waals surface area contributed by atoms with Crippen LogP contribution in [-0.4, -0.2) is 41.5 Å². The number of hydrogen-bond acceptors (Lipinski definition) is 5. The molecule has 1 aromatic heterocycles. The molecule has 0 aliphatic carbocycles. The molecule has 7 heteroatoms. The van der Waals surface area contributed by atoms with Crippen LogP contribution in [-0.2, 0) is 22.7 Å². The minimum atomic E-state index is -0.109. The van der Waals surface area contributed by atoms with Crippen molar-refractivity contribution in [1.82, 2.24) is 9.80 Å². The lowest BCUT2D eigenvalue weighted by atomic mass is 10.1. The van der Waals surface area contributed by atoms with Gasteiger partial charge in [0.25, 0.3) is 0 Å². The van der Waals surface area contributed by atoms with E-state index >= 15 is 0 Å². The molecular formula is C23H30N2O5. The zero-order valence-electron chi connectivity index (χ0n) is 17.8. The van der Waals surface area contributed by atoms with Gasteiger partial charge < -0.3 is 23.7 Å². The number of benzene rings is 1. The molecule has 0 spiro atoms. The SMILES string of the molecule is CCCCC(=O)N(CCC)CC(=O)N(Cc1ccc2c(c1)OCO2)Cc1ccco1. The maximum Gasteiger partial charge on any atom is 0.242 e. The van der Waals surface area contributed by atoms with Crippen molar-refractivity contribution in [3.63, 3.8) is 0 Å². The summed E-state index contributed by atoms with van der Waals surface area (Å²) in [5.41, 5.74) is 0.929. The number of rotatable bonds is 11. The first kappa shape index (κ1) is 21.7. The summed E-state index contributed by atoms with van der Waals surface area (Å²) in [7, 11) is 0. The Bertz CT molecular complexity index is 834.